The van der Waals surface area contributed by atoms with Crippen LogP contribution in [0, 0.1) is 20.8 Å². The maximum atomic E-state index is 11.7. The number of hydrogen-bond acceptors (Lipinski definition) is 5. The van der Waals surface area contributed by atoms with Crippen molar-refractivity contribution in [3.05, 3.63) is 34.9 Å². The molecule has 0 bridgehead atoms. The van der Waals surface area contributed by atoms with Crippen molar-refractivity contribution >= 4 is 11.6 Å². The zero-order valence-corrected chi connectivity index (χ0v) is 14.4. The van der Waals surface area contributed by atoms with Crippen LogP contribution in [0.5, 0.6) is 0 Å². The van der Waals surface area contributed by atoms with Crippen LogP contribution < -0.4 is 5.32 Å². The van der Waals surface area contributed by atoms with Crippen LogP contribution in [0.2, 0.25) is 0 Å². The smallest absolute Gasteiger partial charge is 0.220 e. The predicted molar refractivity (Wildman–Crippen MR) is 89.1 cm³/mol. The van der Waals surface area contributed by atoms with E-state index in [1.807, 2.05) is 39.8 Å². The number of nitrogens with one attached hydrogen (secondary N) is 1. The van der Waals surface area contributed by atoms with Gasteiger partial charge in [0.15, 0.2) is 17.3 Å². The van der Waals surface area contributed by atoms with Crippen molar-refractivity contribution in [2.75, 3.05) is 6.54 Å². The highest BCUT2D eigenvalue weighted by molar-refractivity contribution is 5.76. The van der Waals surface area contributed by atoms with Gasteiger partial charge in [0.05, 0.1) is 5.69 Å². The van der Waals surface area contributed by atoms with Gasteiger partial charge in [-0.05, 0) is 51.8 Å². The Bertz CT molecular complexity index is 893. The van der Waals surface area contributed by atoms with Gasteiger partial charge in [0.2, 0.25) is 5.91 Å². The van der Waals surface area contributed by atoms with Crippen molar-refractivity contribution in [1.82, 2.24) is 34.9 Å². The normalized spacial score (nSPS) is 11.2. The van der Waals surface area contributed by atoms with E-state index in [1.165, 1.54) is 0 Å². The van der Waals surface area contributed by atoms with Gasteiger partial charge in [-0.15, -0.1) is 15.3 Å². The first kappa shape index (κ1) is 16.1. The molecule has 24 heavy (non-hydrogen) atoms. The Morgan fingerprint density at radius 1 is 1.17 bits per heavy atom. The highest BCUT2D eigenvalue weighted by Gasteiger charge is 2.15. The fraction of sp³-hybridized carbons (Fsp3) is 0.438. The fourth-order valence-corrected chi connectivity index (χ4v) is 2.78. The molecule has 8 heteroatoms. The molecule has 8 nitrogen and oxygen atoms in total. The molecule has 0 aromatic carbocycles. The highest BCUT2D eigenvalue weighted by Crippen LogP contribution is 2.18. The lowest BCUT2D eigenvalue weighted by atomic mass is 10.1. The molecule has 1 N–H and O–H groups in total. The number of carbonyl (C=O) groups is 1. The molecule has 0 atom stereocenters. The van der Waals surface area contributed by atoms with E-state index in [0.29, 0.717) is 30.9 Å². The van der Waals surface area contributed by atoms with Crippen molar-refractivity contribution in [1.29, 1.82) is 0 Å². The lowest BCUT2D eigenvalue weighted by Gasteiger charge is -2.06. The van der Waals surface area contributed by atoms with Crippen LogP contribution >= 0.6 is 0 Å². The Kier molecular flexibility index (Phi) is 4.28. The number of nitrogens with zero attached hydrogens (tertiary/aromatic N) is 6. The Labute approximate surface area is 139 Å². The van der Waals surface area contributed by atoms with Crippen molar-refractivity contribution in [3.8, 4) is 5.82 Å². The predicted octanol–water partition coefficient (Wildman–Crippen LogP) is 1.30. The van der Waals surface area contributed by atoms with Gasteiger partial charge < -0.3 is 5.32 Å². The first-order valence-electron chi connectivity index (χ1n) is 8.02. The fourth-order valence-electron chi connectivity index (χ4n) is 2.78. The Hall–Kier alpha value is -2.77. The molecule has 0 fully saturated rings. The summed E-state index contributed by atoms with van der Waals surface area (Å²) in [5.74, 6) is 1.49. The first-order chi connectivity index (χ1) is 11.5. The molecule has 3 aromatic heterocycles. The number of rotatable bonds is 5. The zero-order valence-electron chi connectivity index (χ0n) is 14.4. The number of fused-ring (bicyclic) bond motifs is 1. The van der Waals surface area contributed by atoms with Crippen LogP contribution in [0.4, 0.5) is 0 Å². The minimum Gasteiger partial charge on any atom is -0.356 e. The van der Waals surface area contributed by atoms with Crippen LogP contribution in [0.15, 0.2) is 12.1 Å². The Morgan fingerprint density at radius 3 is 2.71 bits per heavy atom. The number of hydrogen-bond donors (Lipinski definition) is 1. The molecule has 3 heterocycles. The minimum atomic E-state index is 0.0590. The maximum Gasteiger partial charge on any atom is 0.220 e. The van der Waals surface area contributed by atoms with E-state index >= 15 is 0 Å². The number of aryl methyl sites for hydroxylation is 2. The summed E-state index contributed by atoms with van der Waals surface area (Å²) in [6.45, 7) is 8.38. The van der Waals surface area contributed by atoms with Gasteiger partial charge in [0, 0.05) is 18.7 Å². The Balaban J connectivity index is 1.92. The van der Waals surface area contributed by atoms with Gasteiger partial charge in [0.25, 0.3) is 0 Å². The third-order valence-electron chi connectivity index (χ3n) is 4.04. The molecule has 126 valence electrons. The second-order valence-corrected chi connectivity index (χ2v) is 5.72. The van der Waals surface area contributed by atoms with Crippen molar-refractivity contribution in [2.24, 2.45) is 0 Å². The summed E-state index contributed by atoms with van der Waals surface area (Å²) < 4.78 is 3.50. The largest absolute Gasteiger partial charge is 0.356 e. The van der Waals surface area contributed by atoms with Gasteiger partial charge in [-0.3, -0.25) is 4.79 Å². The molecule has 0 aliphatic carbocycles. The molecule has 3 rings (SSSR count). The van der Waals surface area contributed by atoms with Crippen molar-refractivity contribution in [2.45, 2.75) is 40.5 Å². The quantitative estimate of drug-likeness (QED) is 0.763. The van der Waals surface area contributed by atoms with E-state index in [2.05, 4.69) is 25.7 Å². The van der Waals surface area contributed by atoms with Crippen LogP contribution in [-0.2, 0) is 11.2 Å². The average Bonchev–Trinajstić information content (AvgIpc) is 3.06. The average molecular weight is 327 g/mol. The summed E-state index contributed by atoms with van der Waals surface area (Å²) in [6.07, 6.45) is 1.12. The topological polar surface area (TPSA) is 90.0 Å². The number of amides is 1. The molecule has 0 aliphatic rings. The van der Waals surface area contributed by atoms with Gasteiger partial charge in [-0.2, -0.15) is 9.61 Å². The molecular formula is C16H21N7O. The van der Waals surface area contributed by atoms with Gasteiger partial charge >= 0.3 is 0 Å². The molecule has 1 amide bonds. The van der Waals surface area contributed by atoms with Crippen LogP contribution in [-0.4, -0.2) is 42.0 Å². The third kappa shape index (κ3) is 2.86. The van der Waals surface area contributed by atoms with E-state index < -0.39 is 0 Å². The van der Waals surface area contributed by atoms with E-state index in [9.17, 15) is 4.79 Å². The summed E-state index contributed by atoms with van der Waals surface area (Å²) in [5, 5.41) is 20.0. The van der Waals surface area contributed by atoms with Gasteiger partial charge in [-0.25, -0.2) is 4.68 Å². The summed E-state index contributed by atoms with van der Waals surface area (Å²) >= 11 is 0. The summed E-state index contributed by atoms with van der Waals surface area (Å²) in [5.41, 5.74) is 3.70. The lowest BCUT2D eigenvalue weighted by Crippen LogP contribution is -2.22. The Morgan fingerprint density at radius 2 is 1.96 bits per heavy atom. The van der Waals surface area contributed by atoms with Gasteiger partial charge in [-0.1, -0.05) is 0 Å². The lowest BCUT2D eigenvalue weighted by molar-refractivity contribution is -0.120. The van der Waals surface area contributed by atoms with Gasteiger partial charge in [0.1, 0.15) is 0 Å². The second-order valence-electron chi connectivity index (χ2n) is 5.72. The standard InChI is InChI=1S/C16H21N7O/c1-5-17-16(24)9-6-13-10(2)20-22(11(13)3)15-8-7-14-19-18-12(4)23(14)21-15/h7-8H,5-6,9H2,1-4H3,(H,17,24). The third-order valence-corrected chi connectivity index (χ3v) is 4.04. The molecular weight excluding hydrogens is 306 g/mol. The summed E-state index contributed by atoms with van der Waals surface area (Å²) in [7, 11) is 0. The molecule has 0 unspecified atom stereocenters. The molecule has 0 aliphatic heterocycles. The van der Waals surface area contributed by atoms with E-state index in [-0.39, 0.29) is 5.91 Å². The second kappa shape index (κ2) is 6.38. The van der Waals surface area contributed by atoms with E-state index in [0.717, 1.165) is 22.8 Å². The molecule has 0 saturated carbocycles. The first-order valence-corrected chi connectivity index (χ1v) is 8.02. The molecule has 3 aromatic rings. The molecule has 0 radical (unpaired) electrons. The van der Waals surface area contributed by atoms with Crippen LogP contribution in [0.25, 0.3) is 11.5 Å². The van der Waals surface area contributed by atoms with Crippen LogP contribution in [0.1, 0.15) is 36.1 Å². The zero-order chi connectivity index (χ0) is 17.3. The van der Waals surface area contributed by atoms with Crippen LogP contribution in [0.3, 0.4) is 0 Å². The number of aromatic nitrogens is 6. The van der Waals surface area contributed by atoms with E-state index in [4.69, 9.17) is 0 Å². The molecule has 0 spiro atoms. The van der Waals surface area contributed by atoms with Crippen molar-refractivity contribution < 1.29 is 4.79 Å². The highest BCUT2D eigenvalue weighted by atomic mass is 16.1. The monoisotopic (exact) mass is 327 g/mol. The minimum absolute atomic E-state index is 0.0590. The number of carbonyl (C=O) groups excluding carboxylic acids is 1. The SMILES string of the molecule is CCNC(=O)CCc1c(C)nn(-c2ccc3nnc(C)n3n2)c1C. The van der Waals surface area contributed by atoms with E-state index in [1.54, 1.807) is 9.20 Å². The molecule has 0 saturated heterocycles. The summed E-state index contributed by atoms with van der Waals surface area (Å²) in [4.78, 5) is 11.7. The summed E-state index contributed by atoms with van der Waals surface area (Å²) in [6, 6.07) is 3.74. The maximum absolute atomic E-state index is 11.7. The van der Waals surface area contributed by atoms with Crippen molar-refractivity contribution in [3.63, 3.8) is 0 Å².